The van der Waals surface area contributed by atoms with Gasteiger partial charge in [0.1, 0.15) is 15.7 Å². The van der Waals surface area contributed by atoms with Crippen LogP contribution in [0.4, 0.5) is 4.39 Å². The Bertz CT molecular complexity index is 653. The third-order valence-electron chi connectivity index (χ3n) is 3.55. The van der Waals surface area contributed by atoms with E-state index in [0.29, 0.717) is 24.0 Å². The van der Waals surface area contributed by atoms with Crippen molar-refractivity contribution in [3.8, 4) is 0 Å². The predicted molar refractivity (Wildman–Crippen MR) is 79.9 cm³/mol. The van der Waals surface area contributed by atoms with Gasteiger partial charge in [0.15, 0.2) is 0 Å². The molecule has 1 saturated heterocycles. The number of nitrogens with one attached hydrogen (secondary N) is 1. The average molecular weight is 311 g/mol. The molecular weight excluding hydrogens is 293 g/mol. The first kappa shape index (κ1) is 15.7. The summed E-state index contributed by atoms with van der Waals surface area (Å²) in [6.45, 7) is 1.67. The molecule has 1 aliphatic rings. The maximum Gasteiger partial charge on any atom is 0.244 e. The van der Waals surface area contributed by atoms with Crippen LogP contribution in [-0.4, -0.2) is 31.9 Å². The SMILES string of the molecule is CC(=CC(=O)NC1CCS(=O)(=O)CC1)c1ccccc1F. The number of sulfone groups is 1. The van der Waals surface area contributed by atoms with Gasteiger partial charge >= 0.3 is 0 Å². The van der Waals surface area contributed by atoms with Crippen LogP contribution in [0.15, 0.2) is 30.3 Å². The Morgan fingerprint density at radius 1 is 1.29 bits per heavy atom. The van der Waals surface area contributed by atoms with Crippen LogP contribution in [0.1, 0.15) is 25.3 Å². The molecule has 114 valence electrons. The minimum Gasteiger partial charge on any atom is -0.350 e. The minimum absolute atomic E-state index is 0.105. The molecule has 1 aliphatic heterocycles. The molecule has 1 amide bonds. The lowest BCUT2D eigenvalue weighted by Gasteiger charge is -2.22. The fourth-order valence-corrected chi connectivity index (χ4v) is 3.82. The van der Waals surface area contributed by atoms with Gasteiger partial charge in [-0.25, -0.2) is 12.8 Å². The summed E-state index contributed by atoms with van der Waals surface area (Å²) in [5.74, 6) is -0.482. The second-order valence-electron chi connectivity index (χ2n) is 5.24. The first-order valence-corrected chi connectivity index (χ1v) is 8.64. The van der Waals surface area contributed by atoms with E-state index in [4.69, 9.17) is 0 Å². The lowest BCUT2D eigenvalue weighted by atomic mass is 10.1. The molecule has 2 rings (SSSR count). The van der Waals surface area contributed by atoms with Gasteiger partial charge in [-0.05, 0) is 31.4 Å². The number of hydrogen-bond donors (Lipinski definition) is 1. The molecule has 1 N–H and O–H groups in total. The Kier molecular flexibility index (Phi) is 4.77. The second kappa shape index (κ2) is 6.39. The smallest absolute Gasteiger partial charge is 0.244 e. The Morgan fingerprint density at radius 2 is 1.90 bits per heavy atom. The predicted octanol–water partition coefficient (Wildman–Crippen LogP) is 1.92. The van der Waals surface area contributed by atoms with Crippen LogP contribution in [-0.2, 0) is 14.6 Å². The molecule has 0 bridgehead atoms. The van der Waals surface area contributed by atoms with E-state index in [-0.39, 0.29) is 29.3 Å². The molecule has 0 spiro atoms. The summed E-state index contributed by atoms with van der Waals surface area (Å²) in [5, 5.41) is 2.77. The molecule has 1 heterocycles. The van der Waals surface area contributed by atoms with Gasteiger partial charge in [-0.2, -0.15) is 0 Å². The van der Waals surface area contributed by atoms with Crippen LogP contribution >= 0.6 is 0 Å². The van der Waals surface area contributed by atoms with Crippen LogP contribution in [0.2, 0.25) is 0 Å². The van der Waals surface area contributed by atoms with E-state index in [2.05, 4.69) is 5.32 Å². The number of halogens is 1. The van der Waals surface area contributed by atoms with Gasteiger partial charge < -0.3 is 5.32 Å². The molecule has 1 aromatic rings. The largest absolute Gasteiger partial charge is 0.350 e. The summed E-state index contributed by atoms with van der Waals surface area (Å²) < 4.78 is 36.2. The van der Waals surface area contributed by atoms with Crippen molar-refractivity contribution in [2.24, 2.45) is 0 Å². The lowest BCUT2D eigenvalue weighted by Crippen LogP contribution is -2.40. The van der Waals surface area contributed by atoms with Crippen molar-refractivity contribution in [2.75, 3.05) is 11.5 Å². The van der Waals surface area contributed by atoms with E-state index in [0.717, 1.165) is 0 Å². The molecule has 21 heavy (non-hydrogen) atoms. The normalized spacial score (nSPS) is 19.2. The molecule has 0 radical (unpaired) electrons. The number of carbonyl (C=O) groups excluding carboxylic acids is 1. The molecule has 1 fully saturated rings. The van der Waals surface area contributed by atoms with E-state index in [1.165, 1.54) is 12.1 Å². The van der Waals surface area contributed by atoms with E-state index < -0.39 is 9.84 Å². The molecule has 6 heteroatoms. The first-order chi connectivity index (χ1) is 9.87. The highest BCUT2D eigenvalue weighted by atomic mass is 32.2. The maximum atomic E-state index is 13.6. The van der Waals surface area contributed by atoms with E-state index in [1.54, 1.807) is 25.1 Å². The van der Waals surface area contributed by atoms with Gasteiger partial charge in [0.05, 0.1) is 11.5 Å². The summed E-state index contributed by atoms with van der Waals surface area (Å²) in [7, 11) is -2.94. The Morgan fingerprint density at radius 3 is 2.52 bits per heavy atom. The third-order valence-corrected chi connectivity index (χ3v) is 5.26. The van der Waals surface area contributed by atoms with Crippen LogP contribution in [0.25, 0.3) is 5.57 Å². The molecule has 0 saturated carbocycles. The summed E-state index contributed by atoms with van der Waals surface area (Å²) in [6.07, 6.45) is 2.21. The monoisotopic (exact) mass is 311 g/mol. The number of benzene rings is 1. The molecule has 1 aromatic carbocycles. The summed E-state index contributed by atoms with van der Waals surface area (Å²) in [5.41, 5.74) is 0.924. The van der Waals surface area contributed by atoms with Gasteiger partial charge in [0.2, 0.25) is 5.91 Å². The van der Waals surface area contributed by atoms with E-state index in [9.17, 15) is 17.6 Å². The highest BCUT2D eigenvalue weighted by Crippen LogP contribution is 2.17. The van der Waals surface area contributed by atoms with Gasteiger partial charge in [0, 0.05) is 17.7 Å². The second-order valence-corrected chi connectivity index (χ2v) is 7.55. The standard InChI is InChI=1S/C15H18FNO3S/c1-11(13-4-2-3-5-14(13)16)10-15(18)17-12-6-8-21(19,20)9-7-12/h2-5,10,12H,6-9H2,1H3,(H,17,18). The van der Waals surface area contributed by atoms with Crippen LogP contribution in [0.3, 0.4) is 0 Å². The Balaban J connectivity index is 1.98. The van der Waals surface area contributed by atoms with E-state index in [1.807, 2.05) is 0 Å². The highest BCUT2D eigenvalue weighted by Gasteiger charge is 2.24. The summed E-state index contributed by atoms with van der Waals surface area (Å²) in [6, 6.07) is 6.12. The summed E-state index contributed by atoms with van der Waals surface area (Å²) >= 11 is 0. The zero-order valence-corrected chi connectivity index (χ0v) is 12.6. The van der Waals surface area contributed by atoms with Crippen molar-refractivity contribution >= 4 is 21.3 Å². The lowest BCUT2D eigenvalue weighted by molar-refractivity contribution is -0.117. The number of rotatable bonds is 3. The van der Waals surface area contributed by atoms with Crippen LogP contribution in [0, 0.1) is 5.82 Å². The molecule has 4 nitrogen and oxygen atoms in total. The van der Waals surface area contributed by atoms with Crippen LogP contribution in [0.5, 0.6) is 0 Å². The number of amides is 1. The fraction of sp³-hybridized carbons (Fsp3) is 0.400. The fourth-order valence-electron chi connectivity index (χ4n) is 2.33. The molecule has 0 aliphatic carbocycles. The van der Waals surface area contributed by atoms with Gasteiger partial charge in [0.25, 0.3) is 0 Å². The van der Waals surface area contributed by atoms with Crippen LogP contribution < -0.4 is 5.32 Å². The zero-order valence-electron chi connectivity index (χ0n) is 11.8. The van der Waals surface area contributed by atoms with Crippen molar-refractivity contribution in [3.63, 3.8) is 0 Å². The zero-order chi connectivity index (χ0) is 15.5. The Labute approximate surface area is 124 Å². The minimum atomic E-state index is -2.94. The third kappa shape index (κ3) is 4.39. The molecule has 0 atom stereocenters. The van der Waals surface area contributed by atoms with Gasteiger partial charge in [-0.1, -0.05) is 18.2 Å². The number of carbonyl (C=O) groups is 1. The van der Waals surface area contributed by atoms with Crippen molar-refractivity contribution in [1.82, 2.24) is 5.32 Å². The summed E-state index contributed by atoms with van der Waals surface area (Å²) in [4.78, 5) is 11.9. The van der Waals surface area contributed by atoms with Crippen molar-refractivity contribution in [1.29, 1.82) is 0 Å². The van der Waals surface area contributed by atoms with Gasteiger partial charge in [-0.3, -0.25) is 4.79 Å². The highest BCUT2D eigenvalue weighted by molar-refractivity contribution is 7.91. The maximum absolute atomic E-state index is 13.6. The molecule has 0 unspecified atom stereocenters. The van der Waals surface area contributed by atoms with Crippen molar-refractivity contribution < 1.29 is 17.6 Å². The average Bonchev–Trinajstić information content (AvgIpc) is 2.41. The number of hydrogen-bond acceptors (Lipinski definition) is 3. The first-order valence-electron chi connectivity index (χ1n) is 6.81. The van der Waals surface area contributed by atoms with Crippen molar-refractivity contribution in [3.05, 3.63) is 41.7 Å². The topological polar surface area (TPSA) is 63.2 Å². The molecule has 0 aromatic heterocycles. The van der Waals surface area contributed by atoms with Crippen molar-refractivity contribution in [2.45, 2.75) is 25.8 Å². The van der Waals surface area contributed by atoms with E-state index >= 15 is 0 Å². The number of allylic oxidation sites excluding steroid dienone is 1. The molecular formula is C15H18FNO3S. The Hall–Kier alpha value is -1.69. The van der Waals surface area contributed by atoms with Gasteiger partial charge in [-0.15, -0.1) is 0 Å². The quantitative estimate of drug-likeness (QED) is 0.868.